The summed E-state index contributed by atoms with van der Waals surface area (Å²) in [7, 11) is 0.0745. The lowest BCUT2D eigenvalue weighted by Crippen LogP contribution is -2.34. The normalized spacial score (nSPS) is 35.0. The number of fused-ring (bicyclic) bond motifs is 4. The molecule has 0 aromatic heterocycles. The third-order valence-corrected chi connectivity index (χ3v) is 18.4. The van der Waals surface area contributed by atoms with Crippen molar-refractivity contribution < 1.29 is 0 Å². The zero-order chi connectivity index (χ0) is 18.5. The van der Waals surface area contributed by atoms with Crippen molar-refractivity contribution in [2.75, 3.05) is 0 Å². The van der Waals surface area contributed by atoms with E-state index in [-0.39, 0.29) is 8.31 Å². The predicted molar refractivity (Wildman–Crippen MR) is 132 cm³/mol. The molecule has 0 amide bonds. The van der Waals surface area contributed by atoms with E-state index in [0.29, 0.717) is 9.04 Å². The minimum Gasteiger partial charge on any atom is -0.0743 e. The van der Waals surface area contributed by atoms with Crippen molar-refractivity contribution in [1.82, 2.24) is 0 Å². The Morgan fingerprint density at radius 3 is 1.52 bits per heavy atom. The van der Waals surface area contributed by atoms with Crippen LogP contribution in [0.4, 0.5) is 0 Å². The molecule has 4 aliphatic rings. The Hall–Kier alpha value is 0.564. The molecule has 27 heavy (non-hydrogen) atoms. The predicted octanol–water partition coefficient (Wildman–Crippen LogP) is 6.91. The maximum atomic E-state index is 2.75. The molecule has 4 bridgehead atoms. The molecule has 0 N–H and O–H groups in total. The standard InChI is InChI=1S/C23H46B2Si2/c1-27(19-7-17-25-22-12-4-13-23(25)15-5-14-22)26-18-6-16-24-20-8-2-9-21(24)11-3-10-20/h20-23,27H,2-19,26H2,1H3. The molecule has 1 atom stereocenters. The zero-order valence-corrected chi connectivity index (χ0v) is 21.0. The molecule has 0 aliphatic carbocycles. The molecular weight excluding hydrogens is 354 g/mol. The second kappa shape index (κ2) is 10.6. The minimum absolute atomic E-state index is 0.265. The highest BCUT2D eigenvalue weighted by atomic mass is 29.2. The Morgan fingerprint density at radius 1 is 0.667 bits per heavy atom. The molecule has 0 nitrogen and oxygen atoms in total. The van der Waals surface area contributed by atoms with E-state index in [1.165, 1.54) is 13.4 Å². The Bertz CT molecular complexity index is 402. The van der Waals surface area contributed by atoms with Gasteiger partial charge in [-0.25, -0.2) is 0 Å². The van der Waals surface area contributed by atoms with Crippen LogP contribution < -0.4 is 0 Å². The highest BCUT2D eigenvalue weighted by molar-refractivity contribution is 7.11. The molecule has 4 heteroatoms. The Labute approximate surface area is 175 Å². The molecule has 4 heterocycles. The number of hydrogen-bond acceptors (Lipinski definition) is 0. The fourth-order valence-corrected chi connectivity index (χ4v) is 15.5. The van der Waals surface area contributed by atoms with Crippen molar-refractivity contribution in [2.24, 2.45) is 0 Å². The van der Waals surface area contributed by atoms with Crippen LogP contribution >= 0.6 is 0 Å². The van der Waals surface area contributed by atoms with Crippen LogP contribution in [0.25, 0.3) is 0 Å². The summed E-state index contributed by atoms with van der Waals surface area (Å²) in [4.78, 5) is 0. The van der Waals surface area contributed by atoms with Crippen LogP contribution in [0.5, 0.6) is 0 Å². The number of hydrogen-bond donors (Lipinski definition) is 0. The van der Waals surface area contributed by atoms with Gasteiger partial charge < -0.3 is 0 Å². The average molecular weight is 400 g/mol. The second-order valence-electron chi connectivity index (χ2n) is 11.4. The monoisotopic (exact) mass is 400 g/mol. The fraction of sp³-hybridized carbons (Fsp3) is 1.00. The van der Waals surface area contributed by atoms with Crippen molar-refractivity contribution in [1.29, 1.82) is 0 Å². The first-order valence-electron chi connectivity index (χ1n) is 13.3. The first kappa shape index (κ1) is 20.8. The van der Waals surface area contributed by atoms with Crippen molar-refractivity contribution in [3.8, 4) is 0 Å². The smallest absolute Gasteiger partial charge is 0.0743 e. The average Bonchev–Trinajstić information content (AvgIpc) is 2.65. The van der Waals surface area contributed by atoms with Crippen molar-refractivity contribution in [2.45, 2.75) is 144 Å². The van der Waals surface area contributed by atoms with Gasteiger partial charge in [-0.2, -0.15) is 0 Å². The van der Waals surface area contributed by atoms with E-state index in [1.54, 1.807) is 115 Å². The van der Waals surface area contributed by atoms with Gasteiger partial charge in [-0.3, -0.25) is 0 Å². The number of rotatable bonds is 9. The van der Waals surface area contributed by atoms with E-state index in [0.717, 1.165) is 23.3 Å². The van der Waals surface area contributed by atoms with Gasteiger partial charge in [0.1, 0.15) is 13.4 Å². The molecule has 0 aromatic carbocycles. The van der Waals surface area contributed by atoms with Gasteiger partial charge in [0, 0.05) is 17.4 Å². The molecular formula is C23H46B2Si2. The topological polar surface area (TPSA) is 0 Å². The molecule has 0 radical (unpaired) electrons. The van der Waals surface area contributed by atoms with Crippen LogP contribution in [-0.4, -0.2) is 30.8 Å². The van der Waals surface area contributed by atoms with E-state index < -0.39 is 0 Å². The Kier molecular flexibility index (Phi) is 8.14. The summed E-state index contributed by atoms with van der Waals surface area (Å²) in [5.74, 6) is 4.62. The van der Waals surface area contributed by atoms with Crippen LogP contribution in [0.1, 0.15) is 89.9 Å². The molecule has 0 spiro atoms. The van der Waals surface area contributed by atoms with E-state index in [4.69, 9.17) is 0 Å². The van der Waals surface area contributed by atoms with Crippen LogP contribution in [0, 0.1) is 0 Å². The molecule has 0 saturated carbocycles. The van der Waals surface area contributed by atoms with Crippen LogP contribution in [0.2, 0.25) is 54.5 Å². The van der Waals surface area contributed by atoms with Crippen molar-refractivity contribution in [3.63, 3.8) is 0 Å². The van der Waals surface area contributed by atoms with Crippen LogP contribution in [0.3, 0.4) is 0 Å². The molecule has 1 unspecified atom stereocenters. The second-order valence-corrected chi connectivity index (χ2v) is 21.4. The summed E-state index contributed by atoms with van der Waals surface area (Å²) < 4.78 is 0. The lowest BCUT2D eigenvalue weighted by Gasteiger charge is -2.41. The Morgan fingerprint density at radius 2 is 1.07 bits per heavy atom. The molecule has 152 valence electrons. The lowest BCUT2D eigenvalue weighted by atomic mass is 9.26. The van der Waals surface area contributed by atoms with Crippen molar-refractivity contribution >= 4 is 30.8 Å². The largest absolute Gasteiger partial charge is 0.146 e. The van der Waals surface area contributed by atoms with Gasteiger partial charge >= 0.3 is 0 Å². The van der Waals surface area contributed by atoms with E-state index >= 15 is 0 Å². The molecule has 0 aromatic rings. The summed E-state index contributed by atoms with van der Waals surface area (Å²) in [5.41, 5.74) is 0. The highest BCUT2D eigenvalue weighted by Crippen LogP contribution is 2.49. The third kappa shape index (κ3) is 5.59. The SMILES string of the molecule is C[SiH](CCCB1C2CCCC1CCC2)[SiH2]CCCB1C2CCCC1CCC2. The quantitative estimate of drug-likeness (QED) is 0.291. The summed E-state index contributed by atoms with van der Waals surface area (Å²) in [6.07, 6.45) is 25.5. The lowest BCUT2D eigenvalue weighted by molar-refractivity contribution is 0.441. The first-order valence-corrected chi connectivity index (χ1v) is 19.5. The maximum absolute atomic E-state index is 2.75. The van der Waals surface area contributed by atoms with E-state index in [9.17, 15) is 0 Å². The summed E-state index contributed by atoms with van der Waals surface area (Å²) in [5, 5.41) is 0. The summed E-state index contributed by atoms with van der Waals surface area (Å²) in [6, 6.07) is 3.44. The third-order valence-electron chi connectivity index (χ3n) is 9.74. The van der Waals surface area contributed by atoms with Gasteiger partial charge in [-0.1, -0.05) is 144 Å². The molecule has 4 fully saturated rings. The van der Waals surface area contributed by atoms with E-state index in [1.807, 2.05) is 0 Å². The first-order chi connectivity index (χ1) is 13.3. The molecule has 4 rings (SSSR count). The molecule has 4 aliphatic heterocycles. The van der Waals surface area contributed by atoms with Crippen LogP contribution in [0.15, 0.2) is 0 Å². The summed E-state index contributed by atoms with van der Waals surface area (Å²) in [6.45, 7) is 5.09. The zero-order valence-electron chi connectivity index (χ0n) is 18.5. The van der Waals surface area contributed by atoms with Gasteiger partial charge in [0.25, 0.3) is 0 Å². The van der Waals surface area contributed by atoms with Crippen LogP contribution in [-0.2, 0) is 0 Å². The fourth-order valence-electron chi connectivity index (χ4n) is 8.29. The molecule has 4 saturated heterocycles. The van der Waals surface area contributed by atoms with Gasteiger partial charge in [-0.15, -0.1) is 0 Å². The minimum atomic E-state index is -0.265. The van der Waals surface area contributed by atoms with Crippen molar-refractivity contribution in [3.05, 3.63) is 0 Å². The van der Waals surface area contributed by atoms with Gasteiger partial charge in [0.05, 0.1) is 0 Å². The van der Waals surface area contributed by atoms with Gasteiger partial charge in [0.15, 0.2) is 0 Å². The van der Waals surface area contributed by atoms with Gasteiger partial charge in [-0.05, 0) is 0 Å². The Balaban J connectivity index is 1.08. The van der Waals surface area contributed by atoms with Gasteiger partial charge in [0.2, 0.25) is 0 Å². The maximum Gasteiger partial charge on any atom is 0.146 e. The van der Waals surface area contributed by atoms with E-state index in [2.05, 4.69) is 6.55 Å². The summed E-state index contributed by atoms with van der Waals surface area (Å²) >= 11 is 0. The highest BCUT2D eigenvalue weighted by Gasteiger charge is 2.39.